The molecule has 0 aromatic heterocycles. The number of aliphatic hydroxyl groups excluding tert-OH is 9. The summed E-state index contributed by atoms with van der Waals surface area (Å²) in [5, 5.41) is 109. The Morgan fingerprint density at radius 2 is 1.29 bits per heavy atom. The molecule has 2 heterocycles. The molecule has 10 N–H and O–H groups in total. The van der Waals surface area contributed by atoms with Crippen molar-refractivity contribution in [3.05, 3.63) is 0 Å². The van der Waals surface area contributed by atoms with Gasteiger partial charge in [-0.2, -0.15) is 0 Å². The van der Waals surface area contributed by atoms with E-state index in [1.807, 2.05) is 0 Å². The molecule has 14 heteroatoms. The molecule has 2 unspecified atom stereocenters. The Hall–Kier alpha value is -0.560. The Bertz CT molecular complexity index is 1210. The first-order valence-corrected chi connectivity index (χ1v) is 19.7. The van der Waals surface area contributed by atoms with Gasteiger partial charge in [0.25, 0.3) is 0 Å². The summed E-state index contributed by atoms with van der Waals surface area (Å²) in [6.07, 6.45) is -8.90. The maximum Gasteiger partial charge on any atom is 0.186 e. The second kappa shape index (κ2) is 15.4. The van der Waals surface area contributed by atoms with Gasteiger partial charge < -0.3 is 70.0 Å². The quantitative estimate of drug-likeness (QED) is 0.129. The fraction of sp³-hybridized carbons (Fsp3) is 1.00. The third-order valence-corrected chi connectivity index (χ3v) is 15.1. The normalized spacial score (nSPS) is 53.5. The number of hydrogen-bond acceptors (Lipinski definition) is 14. The van der Waals surface area contributed by atoms with Crippen LogP contribution in [-0.4, -0.2) is 150 Å². The maximum atomic E-state index is 12.8. The summed E-state index contributed by atoms with van der Waals surface area (Å²) in [6.45, 7) is 10.4. The second-order valence-corrected chi connectivity index (χ2v) is 18.4. The van der Waals surface area contributed by atoms with Gasteiger partial charge in [0.1, 0.15) is 36.6 Å². The van der Waals surface area contributed by atoms with E-state index in [1.54, 1.807) is 0 Å². The van der Waals surface area contributed by atoms with Crippen molar-refractivity contribution >= 4 is 0 Å². The molecule has 6 rings (SSSR count). The van der Waals surface area contributed by atoms with Gasteiger partial charge in [-0.3, -0.25) is 0 Å². The molecule has 0 radical (unpaired) electrons. The van der Waals surface area contributed by atoms with E-state index in [1.165, 1.54) is 0 Å². The molecule has 302 valence electrons. The molecule has 0 aromatic carbocycles. The molecular formula is C38H66O14. The van der Waals surface area contributed by atoms with Crippen LogP contribution in [0.2, 0.25) is 0 Å². The lowest BCUT2D eigenvalue weighted by Crippen LogP contribution is -2.69. The topological polar surface area (TPSA) is 239 Å². The van der Waals surface area contributed by atoms with Crippen LogP contribution in [0.25, 0.3) is 0 Å². The SMILES string of the molecule is CC(C)C(CC[C@@H](C)[C@H]1[C@@H](O)[C@@H](O)[C@@H]2[C@]1(C)CC[C@H]1[C@@]2(O)C[C@@H](O)C2C[C@@H](O[C@@H]3OC[C@@H](O)[C@@H](O)[C@H]3O)CC[C@@]21C)CO[C@@H]1OC[C@@H](O)[C@H](O)[C@H]1O. The summed E-state index contributed by atoms with van der Waals surface area (Å²) in [5.74, 6) is -1.11. The van der Waals surface area contributed by atoms with Gasteiger partial charge >= 0.3 is 0 Å². The molecule has 6 fully saturated rings. The van der Waals surface area contributed by atoms with E-state index < -0.39 is 89.9 Å². The van der Waals surface area contributed by atoms with Crippen LogP contribution in [0.5, 0.6) is 0 Å². The molecule has 0 amide bonds. The van der Waals surface area contributed by atoms with Crippen molar-refractivity contribution in [2.24, 2.45) is 52.3 Å². The Morgan fingerprint density at radius 1 is 0.692 bits per heavy atom. The van der Waals surface area contributed by atoms with Crippen LogP contribution in [-0.2, 0) is 18.9 Å². The molecule has 2 aliphatic heterocycles. The lowest BCUT2D eigenvalue weighted by Gasteiger charge is -2.66. The monoisotopic (exact) mass is 746 g/mol. The van der Waals surface area contributed by atoms with Crippen LogP contribution in [0.15, 0.2) is 0 Å². The number of hydrogen-bond donors (Lipinski definition) is 10. The van der Waals surface area contributed by atoms with Gasteiger partial charge in [0, 0.05) is 12.3 Å². The van der Waals surface area contributed by atoms with Gasteiger partial charge in [-0.05, 0) is 91.3 Å². The first kappa shape index (κ1) is 41.1. The van der Waals surface area contributed by atoms with Crippen molar-refractivity contribution in [3.63, 3.8) is 0 Å². The van der Waals surface area contributed by atoms with Crippen LogP contribution in [0, 0.1) is 52.3 Å². The van der Waals surface area contributed by atoms with Gasteiger partial charge in [-0.15, -0.1) is 0 Å². The van der Waals surface area contributed by atoms with E-state index >= 15 is 0 Å². The largest absolute Gasteiger partial charge is 0.393 e. The highest BCUT2D eigenvalue weighted by molar-refractivity contribution is 5.22. The molecule has 2 saturated heterocycles. The number of ether oxygens (including phenoxy) is 4. The second-order valence-electron chi connectivity index (χ2n) is 18.4. The first-order chi connectivity index (χ1) is 24.3. The summed E-state index contributed by atoms with van der Waals surface area (Å²) < 4.78 is 22.9. The van der Waals surface area contributed by atoms with Crippen LogP contribution in [0.3, 0.4) is 0 Å². The van der Waals surface area contributed by atoms with Gasteiger partial charge in [0.2, 0.25) is 0 Å². The number of aliphatic hydroxyl groups is 10. The average molecular weight is 747 g/mol. The number of fused-ring (bicyclic) bond motifs is 5. The van der Waals surface area contributed by atoms with E-state index in [4.69, 9.17) is 18.9 Å². The van der Waals surface area contributed by atoms with Crippen molar-refractivity contribution in [1.29, 1.82) is 0 Å². The highest BCUT2D eigenvalue weighted by atomic mass is 16.7. The molecule has 0 spiro atoms. The standard InChI is InChI=1S/C38H66O14/c1-17(2)19(14-49-34-31(46)27(42)23(40)15-50-34)7-6-18(3)26-29(44)30(45)33-37(26,5)11-9-25-36(4)10-8-20(12-21(36)22(39)13-38(25,33)48)52-35-32(47)28(43)24(41)16-51-35/h17-35,39-48H,6-16H2,1-5H3/t18-,19?,20+,21?,22-,23-,24-,25-,26+,27+,28-,29-,30-,31-,32-,33-,34-,35+,36+,37-,38+/m1/s1. The zero-order valence-electron chi connectivity index (χ0n) is 31.4. The van der Waals surface area contributed by atoms with Gasteiger partial charge in [-0.25, -0.2) is 0 Å². The lowest BCUT2D eigenvalue weighted by molar-refractivity contribution is -0.300. The average Bonchev–Trinajstić information content (AvgIpc) is 3.29. The minimum Gasteiger partial charge on any atom is -0.393 e. The van der Waals surface area contributed by atoms with E-state index in [9.17, 15) is 51.1 Å². The Balaban J connectivity index is 1.12. The highest BCUT2D eigenvalue weighted by Gasteiger charge is 2.72. The summed E-state index contributed by atoms with van der Waals surface area (Å²) in [4.78, 5) is 0. The molecule has 14 nitrogen and oxygen atoms in total. The maximum absolute atomic E-state index is 12.8. The van der Waals surface area contributed by atoms with Crippen LogP contribution < -0.4 is 0 Å². The molecule has 6 aliphatic rings. The molecule has 0 bridgehead atoms. The third-order valence-electron chi connectivity index (χ3n) is 15.1. The Labute approximate surface area is 307 Å². The third kappa shape index (κ3) is 7.03. The van der Waals surface area contributed by atoms with Crippen LogP contribution >= 0.6 is 0 Å². The first-order valence-electron chi connectivity index (χ1n) is 19.7. The summed E-state index contributed by atoms with van der Waals surface area (Å²) in [7, 11) is 0. The number of rotatable bonds is 10. The minimum absolute atomic E-state index is 0.0176. The van der Waals surface area contributed by atoms with Gasteiger partial charge in [0.05, 0.1) is 49.8 Å². The van der Waals surface area contributed by atoms with E-state index in [2.05, 4.69) is 34.6 Å². The van der Waals surface area contributed by atoms with Gasteiger partial charge in [-0.1, -0.05) is 34.6 Å². The molecule has 0 aromatic rings. The zero-order chi connectivity index (χ0) is 38.1. The molecule has 4 saturated carbocycles. The molecule has 21 atom stereocenters. The van der Waals surface area contributed by atoms with Crippen molar-refractivity contribution in [1.82, 2.24) is 0 Å². The van der Waals surface area contributed by atoms with E-state index in [0.717, 1.165) is 12.8 Å². The van der Waals surface area contributed by atoms with Crippen molar-refractivity contribution in [2.75, 3.05) is 19.8 Å². The fourth-order valence-electron chi connectivity index (χ4n) is 12.1. The zero-order valence-corrected chi connectivity index (χ0v) is 31.4. The summed E-state index contributed by atoms with van der Waals surface area (Å²) in [6, 6.07) is 0. The van der Waals surface area contributed by atoms with E-state index in [-0.39, 0.29) is 67.9 Å². The fourth-order valence-corrected chi connectivity index (χ4v) is 12.1. The predicted molar refractivity (Wildman–Crippen MR) is 184 cm³/mol. The Kier molecular flexibility index (Phi) is 12.2. The van der Waals surface area contributed by atoms with Crippen molar-refractivity contribution < 1.29 is 70.0 Å². The lowest BCUT2D eigenvalue weighted by atomic mass is 9.41. The van der Waals surface area contributed by atoms with Crippen molar-refractivity contribution in [3.8, 4) is 0 Å². The van der Waals surface area contributed by atoms with Crippen molar-refractivity contribution in [2.45, 2.75) is 165 Å². The minimum atomic E-state index is -1.41. The molecular weight excluding hydrogens is 680 g/mol. The summed E-state index contributed by atoms with van der Waals surface area (Å²) >= 11 is 0. The Morgan fingerprint density at radius 3 is 1.92 bits per heavy atom. The van der Waals surface area contributed by atoms with Gasteiger partial charge in [0.15, 0.2) is 12.6 Å². The highest BCUT2D eigenvalue weighted by Crippen LogP contribution is 2.70. The smallest absolute Gasteiger partial charge is 0.186 e. The van der Waals surface area contributed by atoms with E-state index in [0.29, 0.717) is 32.1 Å². The summed E-state index contributed by atoms with van der Waals surface area (Å²) in [5.41, 5.74) is -2.47. The predicted octanol–water partition coefficient (Wildman–Crippen LogP) is -0.359. The molecule has 52 heavy (non-hydrogen) atoms. The molecule has 4 aliphatic carbocycles. The van der Waals surface area contributed by atoms with Crippen LogP contribution in [0.1, 0.15) is 86.0 Å². The van der Waals surface area contributed by atoms with Crippen LogP contribution in [0.4, 0.5) is 0 Å².